The van der Waals surface area contributed by atoms with Gasteiger partial charge in [-0.2, -0.15) is 0 Å². The van der Waals surface area contributed by atoms with Crippen LogP contribution >= 0.6 is 0 Å². The van der Waals surface area contributed by atoms with Crippen LogP contribution in [0.15, 0.2) is 42.6 Å². The van der Waals surface area contributed by atoms with Gasteiger partial charge in [0.1, 0.15) is 11.6 Å². The van der Waals surface area contributed by atoms with E-state index in [9.17, 15) is 4.79 Å². The number of anilines is 2. The lowest BCUT2D eigenvalue weighted by molar-refractivity contribution is 0.0708. The van der Waals surface area contributed by atoms with E-state index < -0.39 is 0 Å². The lowest BCUT2D eigenvalue weighted by atomic mass is 10.0. The summed E-state index contributed by atoms with van der Waals surface area (Å²) in [5, 5.41) is 6.52. The molecule has 0 unspecified atom stereocenters. The highest BCUT2D eigenvalue weighted by atomic mass is 16.5. The number of rotatable bonds is 5. The summed E-state index contributed by atoms with van der Waals surface area (Å²) in [6, 6.07) is 11.7. The molecule has 3 rings (SSSR count). The highest BCUT2D eigenvalue weighted by molar-refractivity contribution is 5.99. The van der Waals surface area contributed by atoms with Gasteiger partial charge in [-0.05, 0) is 44.2 Å². The standard InChI is InChI=1S/C19H24N4O2/c1-20-14-9-12-23(13-10-14)19(24)15-6-5-11-21-18(15)22-16-7-3-4-8-17(16)25-2/h3-8,11,14,20H,9-10,12-13H2,1-2H3,(H,21,22). The molecule has 0 radical (unpaired) electrons. The largest absolute Gasteiger partial charge is 0.495 e. The molecular formula is C19H24N4O2. The maximum absolute atomic E-state index is 13.0. The average molecular weight is 340 g/mol. The molecule has 0 aliphatic carbocycles. The van der Waals surface area contributed by atoms with Crippen molar-refractivity contribution in [2.24, 2.45) is 0 Å². The zero-order valence-electron chi connectivity index (χ0n) is 14.7. The van der Waals surface area contributed by atoms with Crippen molar-refractivity contribution in [3.8, 4) is 5.75 Å². The van der Waals surface area contributed by atoms with Gasteiger partial charge in [-0.3, -0.25) is 4.79 Å². The van der Waals surface area contributed by atoms with E-state index in [1.54, 1.807) is 19.4 Å². The summed E-state index contributed by atoms with van der Waals surface area (Å²) in [5.74, 6) is 1.27. The van der Waals surface area contributed by atoms with Gasteiger partial charge in [-0.1, -0.05) is 12.1 Å². The topological polar surface area (TPSA) is 66.5 Å². The number of ether oxygens (including phenoxy) is 1. The van der Waals surface area contributed by atoms with Crippen LogP contribution in [-0.2, 0) is 0 Å². The number of hydrogen-bond acceptors (Lipinski definition) is 5. The van der Waals surface area contributed by atoms with Gasteiger partial charge in [0.05, 0.1) is 18.4 Å². The monoisotopic (exact) mass is 340 g/mol. The fourth-order valence-corrected chi connectivity index (χ4v) is 3.09. The maximum Gasteiger partial charge on any atom is 0.257 e. The number of pyridine rings is 1. The second-order valence-electron chi connectivity index (χ2n) is 6.08. The molecule has 0 bridgehead atoms. The van der Waals surface area contributed by atoms with Gasteiger partial charge in [0.15, 0.2) is 0 Å². The number of para-hydroxylation sites is 2. The number of nitrogens with zero attached hydrogens (tertiary/aromatic N) is 2. The summed E-state index contributed by atoms with van der Waals surface area (Å²) in [6.07, 6.45) is 3.62. The SMILES string of the molecule is CNC1CCN(C(=O)c2cccnc2Nc2ccccc2OC)CC1. The molecule has 1 saturated heterocycles. The molecule has 2 heterocycles. The smallest absolute Gasteiger partial charge is 0.257 e. The number of benzene rings is 1. The molecule has 2 N–H and O–H groups in total. The van der Waals surface area contributed by atoms with Crippen LogP contribution in [0.5, 0.6) is 5.75 Å². The molecule has 132 valence electrons. The first-order chi connectivity index (χ1) is 12.2. The Bertz CT molecular complexity index is 727. The Kier molecular flexibility index (Phi) is 5.50. The highest BCUT2D eigenvalue weighted by Crippen LogP contribution is 2.28. The van der Waals surface area contributed by atoms with Gasteiger partial charge in [-0.25, -0.2) is 4.98 Å². The van der Waals surface area contributed by atoms with Gasteiger partial charge < -0.3 is 20.3 Å². The predicted octanol–water partition coefficient (Wildman–Crippen LogP) is 2.66. The zero-order valence-corrected chi connectivity index (χ0v) is 14.7. The van der Waals surface area contributed by atoms with Crippen molar-refractivity contribution in [2.75, 3.05) is 32.6 Å². The Morgan fingerprint density at radius 3 is 2.68 bits per heavy atom. The Balaban J connectivity index is 1.80. The molecule has 1 aromatic carbocycles. The van der Waals surface area contributed by atoms with Crippen LogP contribution in [0.3, 0.4) is 0 Å². The third kappa shape index (κ3) is 3.91. The number of amides is 1. The van der Waals surface area contributed by atoms with E-state index in [0.29, 0.717) is 23.2 Å². The third-order valence-corrected chi connectivity index (χ3v) is 4.59. The molecule has 0 atom stereocenters. The van der Waals surface area contributed by atoms with E-state index in [2.05, 4.69) is 15.6 Å². The average Bonchev–Trinajstić information content (AvgIpc) is 2.68. The summed E-state index contributed by atoms with van der Waals surface area (Å²) in [7, 11) is 3.59. The quantitative estimate of drug-likeness (QED) is 0.876. The predicted molar refractivity (Wildman–Crippen MR) is 98.5 cm³/mol. The maximum atomic E-state index is 13.0. The van der Waals surface area contributed by atoms with Crippen molar-refractivity contribution >= 4 is 17.4 Å². The van der Waals surface area contributed by atoms with Crippen LogP contribution < -0.4 is 15.4 Å². The van der Waals surface area contributed by atoms with E-state index in [0.717, 1.165) is 31.6 Å². The third-order valence-electron chi connectivity index (χ3n) is 4.59. The van der Waals surface area contributed by atoms with Crippen molar-refractivity contribution in [2.45, 2.75) is 18.9 Å². The van der Waals surface area contributed by atoms with Gasteiger partial charge in [0.25, 0.3) is 5.91 Å². The number of aromatic nitrogens is 1. The van der Waals surface area contributed by atoms with Crippen molar-refractivity contribution in [3.63, 3.8) is 0 Å². The first-order valence-electron chi connectivity index (χ1n) is 8.54. The number of nitrogens with one attached hydrogen (secondary N) is 2. The number of piperidine rings is 1. The Hall–Kier alpha value is -2.60. The molecule has 2 aromatic rings. The van der Waals surface area contributed by atoms with Crippen LogP contribution in [0.25, 0.3) is 0 Å². The molecule has 1 aromatic heterocycles. The lowest BCUT2D eigenvalue weighted by Gasteiger charge is -2.32. The van der Waals surface area contributed by atoms with E-state index in [1.165, 1.54) is 0 Å². The molecule has 6 nitrogen and oxygen atoms in total. The number of carbonyl (C=O) groups is 1. The molecule has 1 amide bonds. The summed E-state index contributed by atoms with van der Waals surface area (Å²) >= 11 is 0. The Labute approximate surface area is 148 Å². The van der Waals surface area contributed by atoms with Crippen LogP contribution in [0.4, 0.5) is 11.5 Å². The normalized spacial score (nSPS) is 15.0. The van der Waals surface area contributed by atoms with E-state index >= 15 is 0 Å². The number of likely N-dealkylation sites (tertiary alicyclic amines) is 1. The van der Waals surface area contributed by atoms with Gasteiger partial charge in [-0.15, -0.1) is 0 Å². The molecule has 1 fully saturated rings. The Morgan fingerprint density at radius 1 is 1.20 bits per heavy atom. The van der Waals surface area contributed by atoms with Gasteiger partial charge in [0.2, 0.25) is 0 Å². The van der Waals surface area contributed by atoms with Crippen LogP contribution in [-0.4, -0.2) is 49.1 Å². The lowest BCUT2D eigenvalue weighted by Crippen LogP contribution is -2.44. The second-order valence-corrected chi connectivity index (χ2v) is 6.08. The zero-order chi connectivity index (χ0) is 17.6. The minimum atomic E-state index is 0.0139. The molecule has 0 saturated carbocycles. The Morgan fingerprint density at radius 2 is 1.96 bits per heavy atom. The first-order valence-corrected chi connectivity index (χ1v) is 8.54. The molecule has 25 heavy (non-hydrogen) atoms. The summed E-state index contributed by atoms with van der Waals surface area (Å²) < 4.78 is 5.37. The minimum absolute atomic E-state index is 0.0139. The van der Waals surface area contributed by atoms with E-state index in [4.69, 9.17) is 4.74 Å². The van der Waals surface area contributed by atoms with E-state index in [1.807, 2.05) is 42.3 Å². The molecule has 6 heteroatoms. The van der Waals surface area contributed by atoms with Crippen molar-refractivity contribution in [1.29, 1.82) is 0 Å². The summed E-state index contributed by atoms with van der Waals surface area (Å²) in [5.41, 5.74) is 1.36. The van der Waals surface area contributed by atoms with Gasteiger partial charge >= 0.3 is 0 Å². The van der Waals surface area contributed by atoms with E-state index in [-0.39, 0.29) is 5.91 Å². The molecular weight excluding hydrogens is 316 g/mol. The van der Waals surface area contributed by atoms with Crippen molar-refractivity contribution in [1.82, 2.24) is 15.2 Å². The van der Waals surface area contributed by atoms with Crippen molar-refractivity contribution < 1.29 is 9.53 Å². The molecule has 1 aliphatic heterocycles. The molecule has 1 aliphatic rings. The van der Waals surface area contributed by atoms with Crippen molar-refractivity contribution in [3.05, 3.63) is 48.2 Å². The van der Waals surface area contributed by atoms with Crippen LogP contribution in [0.1, 0.15) is 23.2 Å². The number of hydrogen-bond donors (Lipinski definition) is 2. The summed E-state index contributed by atoms with van der Waals surface area (Å²) in [6.45, 7) is 1.51. The number of carbonyl (C=O) groups excluding carboxylic acids is 1. The molecule has 0 spiro atoms. The van der Waals surface area contributed by atoms with Gasteiger partial charge in [0, 0.05) is 25.3 Å². The second kappa shape index (κ2) is 7.98. The first kappa shape index (κ1) is 17.2. The fraction of sp³-hybridized carbons (Fsp3) is 0.368. The fourth-order valence-electron chi connectivity index (χ4n) is 3.09. The number of methoxy groups -OCH3 is 1. The summed E-state index contributed by atoms with van der Waals surface area (Å²) in [4.78, 5) is 19.2. The highest BCUT2D eigenvalue weighted by Gasteiger charge is 2.24. The minimum Gasteiger partial charge on any atom is -0.495 e. The van der Waals surface area contributed by atoms with Crippen LogP contribution in [0.2, 0.25) is 0 Å². The van der Waals surface area contributed by atoms with Crippen LogP contribution in [0, 0.1) is 0 Å².